The van der Waals surface area contributed by atoms with E-state index in [1.165, 1.54) is 15.6 Å². The number of halogens is 1. The van der Waals surface area contributed by atoms with Crippen LogP contribution >= 0.6 is 27.3 Å². The summed E-state index contributed by atoms with van der Waals surface area (Å²) >= 11 is 4.50. The van der Waals surface area contributed by atoms with Gasteiger partial charge in [-0.05, 0) is 65.9 Å². The number of carbonyl (C=O) groups excluding carboxylic acids is 1. The predicted octanol–water partition coefficient (Wildman–Crippen LogP) is 4.10. The third-order valence-electron chi connectivity index (χ3n) is 4.91. The van der Waals surface area contributed by atoms with Gasteiger partial charge in [0.15, 0.2) is 0 Å². The number of nitrogens with one attached hydrogen (secondary N) is 1. The Morgan fingerprint density at radius 3 is 2.70 bits per heavy atom. The number of benzene rings is 1. The van der Waals surface area contributed by atoms with E-state index in [2.05, 4.69) is 21.2 Å². The van der Waals surface area contributed by atoms with Crippen LogP contribution in [0, 0.1) is 12.8 Å². The molecule has 2 unspecified atom stereocenters. The number of nitrogens with zero attached hydrogens (tertiary/aromatic N) is 1. The molecule has 1 amide bonds. The molecule has 0 spiro atoms. The molecule has 0 aliphatic carbocycles. The Balaban J connectivity index is 1.69. The molecule has 146 valence electrons. The van der Waals surface area contributed by atoms with Gasteiger partial charge in [0.25, 0.3) is 10.0 Å². The smallest absolute Gasteiger partial charge is 0.252 e. The van der Waals surface area contributed by atoms with Crippen molar-refractivity contribution in [2.24, 2.45) is 5.92 Å². The van der Waals surface area contributed by atoms with Crippen LogP contribution in [0.5, 0.6) is 0 Å². The highest BCUT2D eigenvalue weighted by molar-refractivity contribution is 9.11. The number of aryl methyl sites for hydroxylation is 1. The fraction of sp³-hybridized carbons (Fsp3) is 0.421. The molecule has 1 aromatic heterocycles. The van der Waals surface area contributed by atoms with Crippen LogP contribution in [0.25, 0.3) is 0 Å². The summed E-state index contributed by atoms with van der Waals surface area (Å²) in [5.74, 6) is -0.415. The van der Waals surface area contributed by atoms with Gasteiger partial charge < -0.3 is 5.32 Å². The van der Waals surface area contributed by atoms with Crippen molar-refractivity contribution in [2.75, 3.05) is 13.1 Å². The normalized spacial score (nSPS) is 19.6. The lowest BCUT2D eigenvalue weighted by Gasteiger charge is -2.31. The van der Waals surface area contributed by atoms with Gasteiger partial charge in [-0.1, -0.05) is 24.3 Å². The first-order chi connectivity index (χ1) is 12.8. The van der Waals surface area contributed by atoms with E-state index in [1.807, 2.05) is 38.1 Å². The minimum atomic E-state index is -3.55. The van der Waals surface area contributed by atoms with Gasteiger partial charge in [0.1, 0.15) is 4.21 Å². The fourth-order valence-electron chi connectivity index (χ4n) is 3.42. The van der Waals surface area contributed by atoms with Crippen molar-refractivity contribution in [1.29, 1.82) is 0 Å². The van der Waals surface area contributed by atoms with Crippen LogP contribution in [0.15, 0.2) is 44.4 Å². The second-order valence-electron chi connectivity index (χ2n) is 6.85. The van der Waals surface area contributed by atoms with Crippen molar-refractivity contribution in [1.82, 2.24) is 9.62 Å². The third kappa shape index (κ3) is 4.62. The molecule has 2 aromatic rings. The summed E-state index contributed by atoms with van der Waals surface area (Å²) in [4.78, 5) is 12.8. The summed E-state index contributed by atoms with van der Waals surface area (Å²) in [7, 11) is -3.55. The molecule has 1 N–H and O–H groups in total. The Morgan fingerprint density at radius 1 is 1.30 bits per heavy atom. The van der Waals surface area contributed by atoms with Crippen LogP contribution in [0.4, 0.5) is 0 Å². The minimum Gasteiger partial charge on any atom is -0.349 e. The molecule has 1 aliphatic heterocycles. The Kier molecular flexibility index (Phi) is 6.40. The summed E-state index contributed by atoms with van der Waals surface area (Å²) in [6.45, 7) is 4.66. The van der Waals surface area contributed by atoms with Crippen molar-refractivity contribution in [3.8, 4) is 0 Å². The van der Waals surface area contributed by atoms with Gasteiger partial charge in [-0.25, -0.2) is 8.42 Å². The van der Waals surface area contributed by atoms with Crippen molar-refractivity contribution in [3.05, 3.63) is 51.3 Å². The van der Waals surface area contributed by atoms with Gasteiger partial charge in [-0.2, -0.15) is 4.31 Å². The predicted molar refractivity (Wildman–Crippen MR) is 111 cm³/mol. The Hall–Kier alpha value is -1.22. The summed E-state index contributed by atoms with van der Waals surface area (Å²) in [6.07, 6.45) is 1.38. The maximum Gasteiger partial charge on any atom is 0.252 e. The van der Waals surface area contributed by atoms with Crippen LogP contribution in [0.2, 0.25) is 0 Å². The Bertz CT molecular complexity index is 927. The standard InChI is InChI=1S/C19H23BrN2O3S2/c1-13-6-3-4-8-16(13)14(2)21-19(23)15-7-5-11-22(12-15)27(24,25)18-10-9-17(20)26-18/h3-4,6,8-10,14-15H,5,7,11-12H2,1-2H3,(H,21,23). The largest absolute Gasteiger partial charge is 0.349 e. The lowest BCUT2D eigenvalue weighted by atomic mass is 9.97. The number of sulfonamides is 1. The number of hydrogen-bond acceptors (Lipinski definition) is 4. The number of rotatable bonds is 5. The summed E-state index contributed by atoms with van der Waals surface area (Å²) in [5, 5.41) is 3.06. The van der Waals surface area contributed by atoms with Crippen molar-refractivity contribution in [2.45, 2.75) is 36.9 Å². The first-order valence-electron chi connectivity index (χ1n) is 8.90. The molecular weight excluding hydrogens is 448 g/mol. The zero-order valence-electron chi connectivity index (χ0n) is 15.3. The van der Waals surface area contributed by atoms with Gasteiger partial charge >= 0.3 is 0 Å². The molecule has 1 saturated heterocycles. The van der Waals surface area contributed by atoms with E-state index >= 15 is 0 Å². The number of hydrogen-bond donors (Lipinski definition) is 1. The molecule has 27 heavy (non-hydrogen) atoms. The zero-order valence-corrected chi connectivity index (χ0v) is 18.5. The monoisotopic (exact) mass is 470 g/mol. The summed E-state index contributed by atoms with van der Waals surface area (Å²) in [5.41, 5.74) is 2.20. The van der Waals surface area contributed by atoms with Crippen molar-refractivity contribution in [3.63, 3.8) is 0 Å². The van der Waals surface area contributed by atoms with Crippen molar-refractivity contribution < 1.29 is 13.2 Å². The number of thiophene rings is 1. The second kappa shape index (κ2) is 8.43. The quantitative estimate of drug-likeness (QED) is 0.714. The molecule has 1 fully saturated rings. The molecule has 8 heteroatoms. The molecule has 1 aliphatic rings. The van der Waals surface area contributed by atoms with Crippen LogP contribution in [-0.2, 0) is 14.8 Å². The van der Waals surface area contributed by atoms with Gasteiger partial charge in [-0.15, -0.1) is 11.3 Å². The third-order valence-corrected chi connectivity index (χ3v) is 8.87. The minimum absolute atomic E-state index is 0.0852. The molecule has 3 rings (SSSR count). The summed E-state index contributed by atoms with van der Waals surface area (Å²) < 4.78 is 28.2. The maximum absolute atomic E-state index is 12.8. The molecule has 1 aromatic carbocycles. The molecule has 0 bridgehead atoms. The number of amides is 1. The van der Waals surface area contributed by atoms with E-state index in [0.717, 1.165) is 14.9 Å². The van der Waals surface area contributed by atoms with E-state index < -0.39 is 10.0 Å². The number of carbonyl (C=O) groups is 1. The van der Waals surface area contributed by atoms with Crippen LogP contribution in [0.1, 0.15) is 36.9 Å². The molecule has 0 saturated carbocycles. The van der Waals surface area contributed by atoms with E-state index in [4.69, 9.17) is 0 Å². The average Bonchev–Trinajstić information content (AvgIpc) is 3.09. The van der Waals surface area contributed by atoms with E-state index in [1.54, 1.807) is 12.1 Å². The summed E-state index contributed by atoms with van der Waals surface area (Å²) in [6, 6.07) is 11.2. The second-order valence-corrected chi connectivity index (χ2v) is 11.5. The first kappa shape index (κ1) is 20.5. The first-order valence-corrected chi connectivity index (χ1v) is 12.0. The highest BCUT2D eigenvalue weighted by Crippen LogP contribution is 2.31. The highest BCUT2D eigenvalue weighted by Gasteiger charge is 2.34. The topological polar surface area (TPSA) is 66.5 Å². The van der Waals surface area contributed by atoms with Crippen LogP contribution in [0.3, 0.4) is 0 Å². The molecule has 0 radical (unpaired) electrons. The van der Waals surface area contributed by atoms with Gasteiger partial charge in [0.2, 0.25) is 5.91 Å². The lowest BCUT2D eigenvalue weighted by Crippen LogP contribution is -2.45. The Morgan fingerprint density at radius 2 is 2.04 bits per heavy atom. The van der Waals surface area contributed by atoms with E-state index in [0.29, 0.717) is 23.6 Å². The van der Waals surface area contributed by atoms with Crippen LogP contribution in [-0.4, -0.2) is 31.7 Å². The van der Waals surface area contributed by atoms with Gasteiger partial charge in [0, 0.05) is 13.1 Å². The highest BCUT2D eigenvalue weighted by atomic mass is 79.9. The van der Waals surface area contributed by atoms with Crippen LogP contribution < -0.4 is 5.32 Å². The Labute approximate surface area is 173 Å². The average molecular weight is 471 g/mol. The maximum atomic E-state index is 12.8. The zero-order chi connectivity index (χ0) is 19.6. The lowest BCUT2D eigenvalue weighted by molar-refractivity contribution is -0.126. The van der Waals surface area contributed by atoms with E-state index in [9.17, 15) is 13.2 Å². The van der Waals surface area contributed by atoms with Crippen molar-refractivity contribution >= 4 is 43.2 Å². The van der Waals surface area contributed by atoms with Gasteiger partial charge in [0.05, 0.1) is 15.7 Å². The SMILES string of the molecule is Cc1ccccc1C(C)NC(=O)C1CCCN(S(=O)(=O)c2ccc(Br)s2)C1. The van der Waals surface area contributed by atoms with Gasteiger partial charge in [-0.3, -0.25) is 4.79 Å². The number of piperidine rings is 1. The molecule has 2 heterocycles. The molecular formula is C19H23BrN2O3S2. The van der Waals surface area contributed by atoms with E-state index in [-0.39, 0.29) is 24.4 Å². The molecule has 2 atom stereocenters. The fourth-order valence-corrected chi connectivity index (χ4v) is 7.11. The molecule has 5 nitrogen and oxygen atoms in total.